The fourth-order valence-electron chi connectivity index (χ4n) is 5.07. The smallest absolute Gasteiger partial charge is 0.353 e. The largest absolute Gasteiger partial charge is 0.504 e. The summed E-state index contributed by atoms with van der Waals surface area (Å²) in [6.45, 7) is 3.15. The first kappa shape index (κ1) is 23.0. The molecule has 35 heavy (non-hydrogen) atoms. The van der Waals surface area contributed by atoms with Crippen molar-refractivity contribution in [3.8, 4) is 17.2 Å². The van der Waals surface area contributed by atoms with Crippen molar-refractivity contribution < 1.29 is 57.4 Å². The lowest BCUT2D eigenvalue weighted by molar-refractivity contribution is -0.229. The molecule has 0 aromatic heterocycles. The molecule has 0 bridgehead atoms. The van der Waals surface area contributed by atoms with E-state index >= 15 is 0 Å². The molecule has 6 atom stereocenters. The Bertz CT molecular complexity index is 1180. The Hall–Kier alpha value is -3.81. The summed E-state index contributed by atoms with van der Waals surface area (Å²) in [4.78, 5) is 49.3. The molecule has 3 aliphatic heterocycles. The van der Waals surface area contributed by atoms with Gasteiger partial charge in [0.15, 0.2) is 35.9 Å². The third-order valence-electron chi connectivity index (χ3n) is 6.11. The van der Waals surface area contributed by atoms with Crippen molar-refractivity contribution in [3.05, 3.63) is 17.2 Å². The number of esters is 3. The molecule has 1 saturated heterocycles. The van der Waals surface area contributed by atoms with Gasteiger partial charge in [0.05, 0.1) is 5.56 Å². The van der Waals surface area contributed by atoms with Crippen molar-refractivity contribution in [2.24, 2.45) is 0 Å². The number of thiocarbonyl (C=S) groups is 1. The molecular formula is C21H19NO12S. The van der Waals surface area contributed by atoms with Crippen molar-refractivity contribution in [3.63, 3.8) is 0 Å². The number of hydrogen-bond acceptors (Lipinski definition) is 13. The van der Waals surface area contributed by atoms with Gasteiger partial charge in [-0.05, 0) is 6.07 Å². The number of nitrogens with one attached hydrogen (secondary N) is 1. The van der Waals surface area contributed by atoms with Gasteiger partial charge in [-0.2, -0.15) is 0 Å². The average Bonchev–Trinajstić information content (AvgIpc) is 3.36. The van der Waals surface area contributed by atoms with Gasteiger partial charge in [0, 0.05) is 38.6 Å². The van der Waals surface area contributed by atoms with E-state index in [9.17, 15) is 24.3 Å². The van der Waals surface area contributed by atoms with E-state index in [1.807, 2.05) is 0 Å². The molecule has 186 valence electrons. The van der Waals surface area contributed by atoms with E-state index in [0.717, 1.165) is 20.8 Å². The predicted molar refractivity (Wildman–Crippen MR) is 112 cm³/mol. The van der Waals surface area contributed by atoms with Crippen LogP contribution in [0.5, 0.6) is 17.2 Å². The maximum atomic E-state index is 13.2. The van der Waals surface area contributed by atoms with Crippen LogP contribution in [0, 0.1) is 0 Å². The van der Waals surface area contributed by atoms with Crippen LogP contribution in [0.3, 0.4) is 0 Å². The SMILES string of the molecule is CC(=O)O[C@H]1[C@@H](OC(C)=O)[C@@H]2NC(=O)c3c(cc4c(c3O)OCO4)[C@@]23OC(=S)O[C@H]3[C@@H]1OC(C)=O. The number of fused-ring (bicyclic) bond motifs is 2. The maximum absolute atomic E-state index is 13.2. The summed E-state index contributed by atoms with van der Waals surface area (Å²) in [5.41, 5.74) is -1.94. The third kappa shape index (κ3) is 3.31. The molecule has 1 spiro atoms. The molecule has 13 nitrogen and oxygen atoms in total. The van der Waals surface area contributed by atoms with Crippen molar-refractivity contribution in [1.29, 1.82) is 0 Å². The number of carbonyl (C=O) groups excluding carboxylic acids is 4. The molecule has 3 heterocycles. The summed E-state index contributed by atoms with van der Waals surface area (Å²) < 4.78 is 38.8. The van der Waals surface area contributed by atoms with Crippen LogP contribution < -0.4 is 14.8 Å². The van der Waals surface area contributed by atoms with Crippen LogP contribution in [0.2, 0.25) is 0 Å². The van der Waals surface area contributed by atoms with Gasteiger partial charge in [-0.25, -0.2) is 0 Å². The van der Waals surface area contributed by atoms with Crippen LogP contribution in [0.1, 0.15) is 36.7 Å². The molecule has 2 fully saturated rings. The Morgan fingerprint density at radius 1 is 1.06 bits per heavy atom. The first-order valence-corrected chi connectivity index (χ1v) is 10.8. The zero-order valence-corrected chi connectivity index (χ0v) is 19.3. The van der Waals surface area contributed by atoms with Crippen LogP contribution in [-0.4, -0.2) is 71.4 Å². The van der Waals surface area contributed by atoms with Crippen LogP contribution in [0.15, 0.2) is 6.07 Å². The Morgan fingerprint density at radius 2 is 1.69 bits per heavy atom. The topological polar surface area (TPSA) is 165 Å². The zero-order valence-electron chi connectivity index (χ0n) is 18.5. The van der Waals surface area contributed by atoms with E-state index in [0.29, 0.717) is 0 Å². The third-order valence-corrected chi connectivity index (χ3v) is 6.29. The number of amides is 1. The fourth-order valence-corrected chi connectivity index (χ4v) is 5.31. The van der Waals surface area contributed by atoms with Crippen molar-refractivity contribution >= 4 is 41.3 Å². The van der Waals surface area contributed by atoms with Crippen molar-refractivity contribution in [2.75, 3.05) is 6.79 Å². The number of carbonyl (C=O) groups is 4. The normalized spacial score (nSPS) is 31.6. The van der Waals surface area contributed by atoms with Crippen LogP contribution in [0.25, 0.3) is 0 Å². The molecule has 5 rings (SSSR count). The number of aromatic hydroxyl groups is 1. The predicted octanol–water partition coefficient (Wildman–Crippen LogP) is -0.0628. The van der Waals surface area contributed by atoms with E-state index in [1.165, 1.54) is 6.07 Å². The first-order valence-electron chi connectivity index (χ1n) is 10.4. The summed E-state index contributed by atoms with van der Waals surface area (Å²) in [7, 11) is 0. The highest BCUT2D eigenvalue weighted by Gasteiger charge is 2.73. The number of ether oxygens (including phenoxy) is 7. The maximum Gasteiger partial charge on any atom is 0.353 e. The summed E-state index contributed by atoms with van der Waals surface area (Å²) in [5, 5.41) is 13.1. The molecule has 4 aliphatic rings. The van der Waals surface area contributed by atoms with E-state index in [2.05, 4.69) is 5.32 Å². The van der Waals surface area contributed by atoms with Crippen LogP contribution in [0.4, 0.5) is 0 Å². The highest BCUT2D eigenvalue weighted by Crippen LogP contribution is 2.56. The molecule has 1 saturated carbocycles. The standard InChI is InChI=1S/C21H19NO12S/c1-6(23)30-14-15(31-7(2)24)17-21(18(33-20(35)34-21)16(14)32-8(3)25)9-4-10-13(29-5-28-10)12(26)11(9)19(27)22-17/h4,14-18,26H,5H2,1-3H3,(H,22,27)/t14-,15+,16+,17-,18-,21+/m0/s1. The molecule has 2 N–H and O–H groups in total. The summed E-state index contributed by atoms with van der Waals surface area (Å²) >= 11 is 5.18. The molecule has 0 radical (unpaired) electrons. The Labute approximate surface area is 202 Å². The van der Waals surface area contributed by atoms with Gasteiger partial charge < -0.3 is 43.6 Å². The highest BCUT2D eigenvalue weighted by atomic mass is 32.1. The number of hydrogen-bond donors (Lipinski definition) is 2. The summed E-state index contributed by atoms with van der Waals surface area (Å²) in [5.74, 6) is -3.54. The Morgan fingerprint density at radius 3 is 2.34 bits per heavy atom. The van der Waals surface area contributed by atoms with Crippen LogP contribution >= 0.6 is 12.2 Å². The Balaban J connectivity index is 1.78. The molecule has 14 heteroatoms. The number of phenolic OH excluding ortho intramolecular Hbond substituents is 1. The monoisotopic (exact) mass is 509 g/mol. The minimum absolute atomic E-state index is 0.0477. The van der Waals surface area contributed by atoms with Gasteiger partial charge in [0.1, 0.15) is 6.04 Å². The van der Waals surface area contributed by atoms with Gasteiger partial charge in [0.25, 0.3) is 5.91 Å². The number of benzene rings is 1. The van der Waals surface area contributed by atoms with E-state index < -0.39 is 65.6 Å². The number of rotatable bonds is 3. The number of phenols is 1. The van der Waals surface area contributed by atoms with E-state index in [1.54, 1.807) is 0 Å². The molecule has 1 aromatic rings. The lowest BCUT2D eigenvalue weighted by atomic mass is 9.66. The fraction of sp³-hybridized carbons (Fsp3) is 0.476. The second kappa shape index (κ2) is 7.86. The van der Waals surface area contributed by atoms with Crippen LogP contribution in [-0.2, 0) is 43.7 Å². The second-order valence-electron chi connectivity index (χ2n) is 8.24. The zero-order chi connectivity index (χ0) is 25.2. The van der Waals surface area contributed by atoms with Gasteiger partial charge in [-0.3, -0.25) is 19.2 Å². The quantitative estimate of drug-likeness (QED) is 0.316. The minimum atomic E-state index is -1.78. The van der Waals surface area contributed by atoms with E-state index in [-0.39, 0.29) is 34.7 Å². The molecule has 1 aliphatic carbocycles. The summed E-state index contributed by atoms with van der Waals surface area (Å²) in [6, 6.07) is 0.155. The molecule has 1 amide bonds. The lowest BCUT2D eigenvalue weighted by Gasteiger charge is -2.52. The lowest BCUT2D eigenvalue weighted by Crippen LogP contribution is -2.75. The van der Waals surface area contributed by atoms with Gasteiger partial charge >= 0.3 is 23.1 Å². The van der Waals surface area contributed by atoms with Crippen molar-refractivity contribution in [1.82, 2.24) is 5.32 Å². The second-order valence-corrected chi connectivity index (χ2v) is 8.57. The van der Waals surface area contributed by atoms with Gasteiger partial charge in [-0.1, -0.05) is 0 Å². The van der Waals surface area contributed by atoms with Gasteiger partial charge in [-0.15, -0.1) is 0 Å². The minimum Gasteiger partial charge on any atom is -0.504 e. The average molecular weight is 509 g/mol. The highest BCUT2D eigenvalue weighted by molar-refractivity contribution is 7.79. The summed E-state index contributed by atoms with van der Waals surface area (Å²) in [6.07, 6.45) is -5.50. The Kier molecular flexibility index (Phi) is 5.16. The van der Waals surface area contributed by atoms with E-state index in [4.69, 9.17) is 45.4 Å². The molecular weight excluding hydrogens is 490 g/mol. The van der Waals surface area contributed by atoms with Crippen molar-refractivity contribution in [2.45, 2.75) is 56.8 Å². The van der Waals surface area contributed by atoms with Gasteiger partial charge in [0.2, 0.25) is 18.1 Å². The molecule has 0 unspecified atom stereocenters. The molecule has 1 aromatic carbocycles. The first-order chi connectivity index (χ1) is 16.5.